The van der Waals surface area contributed by atoms with Gasteiger partial charge in [0, 0.05) is 24.7 Å². The number of aromatic amines is 1. The summed E-state index contributed by atoms with van der Waals surface area (Å²) in [7, 11) is 0. The Morgan fingerprint density at radius 2 is 1.78 bits per heavy atom. The minimum atomic E-state index is -0.877. The molecular weight excluding hydrogens is 238 g/mol. The number of aliphatic carboxylic acids is 2. The van der Waals surface area contributed by atoms with Crippen molar-refractivity contribution in [3.63, 3.8) is 0 Å². The predicted octanol–water partition coefficient (Wildman–Crippen LogP) is 0.931. The summed E-state index contributed by atoms with van der Waals surface area (Å²) in [5.74, 6) is -1.73. The molecule has 1 rings (SSSR count). The van der Waals surface area contributed by atoms with Gasteiger partial charge in [-0.15, -0.1) is 0 Å². The Morgan fingerprint density at radius 3 is 2.33 bits per heavy atom. The highest BCUT2D eigenvalue weighted by molar-refractivity contribution is 5.67. The average molecular weight is 255 g/mol. The standard InChI is InChI=1S/C12H17NO5/c14-7-10-9(2-1-3-11(15)16)8(6-13-10)4-5-12(17)18/h6,13-14H,1-5,7H2,(H,15,16)(H,17,18). The summed E-state index contributed by atoms with van der Waals surface area (Å²) in [4.78, 5) is 23.9. The van der Waals surface area contributed by atoms with E-state index in [1.54, 1.807) is 6.20 Å². The lowest BCUT2D eigenvalue weighted by molar-refractivity contribution is -0.138. The summed E-state index contributed by atoms with van der Waals surface area (Å²) in [6.45, 7) is -0.157. The Morgan fingerprint density at radius 1 is 1.11 bits per heavy atom. The van der Waals surface area contributed by atoms with Gasteiger partial charge in [0.15, 0.2) is 0 Å². The number of carboxylic acids is 2. The number of carboxylic acid groups (broad SMARTS) is 2. The van der Waals surface area contributed by atoms with Crippen LogP contribution in [0.25, 0.3) is 0 Å². The van der Waals surface area contributed by atoms with Gasteiger partial charge in [0.25, 0.3) is 0 Å². The monoisotopic (exact) mass is 255 g/mol. The van der Waals surface area contributed by atoms with Crippen LogP contribution in [0.1, 0.15) is 36.1 Å². The Hall–Kier alpha value is -1.82. The maximum Gasteiger partial charge on any atom is 0.303 e. The van der Waals surface area contributed by atoms with Gasteiger partial charge in [-0.25, -0.2) is 0 Å². The number of nitrogens with one attached hydrogen (secondary N) is 1. The first-order valence-corrected chi connectivity index (χ1v) is 5.77. The van der Waals surface area contributed by atoms with Crippen LogP contribution in [0.2, 0.25) is 0 Å². The van der Waals surface area contributed by atoms with Gasteiger partial charge in [-0.2, -0.15) is 0 Å². The van der Waals surface area contributed by atoms with Gasteiger partial charge in [-0.1, -0.05) is 0 Å². The van der Waals surface area contributed by atoms with Crippen LogP contribution in [0, 0.1) is 0 Å². The van der Waals surface area contributed by atoms with E-state index in [-0.39, 0.29) is 19.4 Å². The molecule has 0 aliphatic rings. The third-order valence-corrected chi connectivity index (χ3v) is 2.76. The molecule has 0 spiro atoms. The topological polar surface area (TPSA) is 111 Å². The summed E-state index contributed by atoms with van der Waals surface area (Å²) in [5, 5.41) is 26.4. The second-order valence-corrected chi connectivity index (χ2v) is 4.07. The second-order valence-electron chi connectivity index (χ2n) is 4.07. The van der Waals surface area contributed by atoms with E-state index in [0.717, 1.165) is 11.1 Å². The molecule has 1 heterocycles. The van der Waals surface area contributed by atoms with Crippen molar-refractivity contribution in [2.75, 3.05) is 0 Å². The summed E-state index contributed by atoms with van der Waals surface area (Å²) >= 11 is 0. The Labute approximate surface area is 104 Å². The summed E-state index contributed by atoms with van der Waals surface area (Å²) in [6.07, 6.45) is 3.16. The molecule has 4 N–H and O–H groups in total. The van der Waals surface area contributed by atoms with Crippen molar-refractivity contribution in [3.05, 3.63) is 23.0 Å². The molecule has 6 heteroatoms. The zero-order valence-electron chi connectivity index (χ0n) is 9.98. The molecule has 0 aliphatic carbocycles. The zero-order chi connectivity index (χ0) is 13.5. The van der Waals surface area contributed by atoms with E-state index in [2.05, 4.69) is 4.98 Å². The minimum Gasteiger partial charge on any atom is -0.481 e. The maximum atomic E-state index is 10.5. The van der Waals surface area contributed by atoms with Crippen molar-refractivity contribution in [1.82, 2.24) is 4.98 Å². The molecule has 0 fully saturated rings. The lowest BCUT2D eigenvalue weighted by Gasteiger charge is -2.04. The largest absolute Gasteiger partial charge is 0.481 e. The lowest BCUT2D eigenvalue weighted by Crippen LogP contribution is -2.02. The van der Waals surface area contributed by atoms with E-state index < -0.39 is 11.9 Å². The highest BCUT2D eigenvalue weighted by atomic mass is 16.4. The highest BCUT2D eigenvalue weighted by Gasteiger charge is 2.12. The van der Waals surface area contributed by atoms with E-state index in [9.17, 15) is 9.59 Å². The molecule has 0 radical (unpaired) electrons. The number of hydrogen-bond donors (Lipinski definition) is 4. The lowest BCUT2D eigenvalue weighted by atomic mass is 10.0. The molecule has 0 aliphatic heterocycles. The van der Waals surface area contributed by atoms with Crippen molar-refractivity contribution in [2.45, 2.75) is 38.7 Å². The van der Waals surface area contributed by atoms with Crippen LogP contribution >= 0.6 is 0 Å². The quantitative estimate of drug-likeness (QED) is 0.552. The van der Waals surface area contributed by atoms with Crippen LogP contribution in [-0.4, -0.2) is 32.2 Å². The molecule has 0 aromatic carbocycles. The first-order valence-electron chi connectivity index (χ1n) is 5.77. The van der Waals surface area contributed by atoms with Gasteiger partial charge < -0.3 is 20.3 Å². The first-order chi connectivity index (χ1) is 8.54. The maximum absolute atomic E-state index is 10.5. The predicted molar refractivity (Wildman–Crippen MR) is 63.2 cm³/mol. The first kappa shape index (κ1) is 14.2. The Kier molecular flexibility index (Phi) is 5.38. The van der Waals surface area contributed by atoms with Gasteiger partial charge in [0.2, 0.25) is 0 Å². The van der Waals surface area contributed by atoms with Crippen molar-refractivity contribution in [2.24, 2.45) is 0 Å². The molecule has 0 saturated carbocycles. The zero-order valence-corrected chi connectivity index (χ0v) is 9.98. The van der Waals surface area contributed by atoms with Crippen LogP contribution in [0.4, 0.5) is 0 Å². The molecule has 0 atom stereocenters. The van der Waals surface area contributed by atoms with Crippen LogP contribution < -0.4 is 0 Å². The molecule has 0 amide bonds. The van der Waals surface area contributed by atoms with Gasteiger partial charge in [-0.3, -0.25) is 9.59 Å². The van der Waals surface area contributed by atoms with E-state index in [1.807, 2.05) is 0 Å². The second kappa shape index (κ2) is 6.80. The number of hydrogen-bond acceptors (Lipinski definition) is 3. The molecular formula is C12H17NO5. The van der Waals surface area contributed by atoms with Crippen LogP contribution in [0.15, 0.2) is 6.20 Å². The minimum absolute atomic E-state index is 0.0225. The molecule has 0 bridgehead atoms. The molecule has 1 aromatic rings. The van der Waals surface area contributed by atoms with Gasteiger partial charge in [0.1, 0.15) is 0 Å². The third kappa shape index (κ3) is 4.21. The van der Waals surface area contributed by atoms with E-state index in [1.165, 1.54) is 0 Å². The van der Waals surface area contributed by atoms with Crippen molar-refractivity contribution in [1.29, 1.82) is 0 Å². The van der Waals surface area contributed by atoms with Crippen LogP contribution in [0.5, 0.6) is 0 Å². The fourth-order valence-corrected chi connectivity index (χ4v) is 1.88. The number of H-pyrrole nitrogens is 1. The Bertz CT molecular complexity index is 424. The number of aryl methyl sites for hydroxylation is 1. The highest BCUT2D eigenvalue weighted by Crippen LogP contribution is 2.19. The molecule has 6 nitrogen and oxygen atoms in total. The number of rotatable bonds is 8. The molecule has 100 valence electrons. The fraction of sp³-hybridized carbons (Fsp3) is 0.500. The molecule has 0 saturated heterocycles. The smallest absolute Gasteiger partial charge is 0.303 e. The molecule has 18 heavy (non-hydrogen) atoms. The SMILES string of the molecule is O=C(O)CCCc1c(CCC(=O)O)c[nH]c1CO. The van der Waals surface area contributed by atoms with Crippen LogP contribution in [-0.2, 0) is 29.0 Å². The normalized spacial score (nSPS) is 10.5. The molecule has 0 unspecified atom stereocenters. The Balaban J connectivity index is 2.68. The van der Waals surface area contributed by atoms with Gasteiger partial charge in [0.05, 0.1) is 6.61 Å². The third-order valence-electron chi connectivity index (χ3n) is 2.76. The summed E-state index contributed by atoms with van der Waals surface area (Å²) < 4.78 is 0. The van der Waals surface area contributed by atoms with E-state index in [0.29, 0.717) is 25.0 Å². The van der Waals surface area contributed by atoms with E-state index >= 15 is 0 Å². The number of aromatic nitrogens is 1. The van der Waals surface area contributed by atoms with Gasteiger partial charge >= 0.3 is 11.9 Å². The molecule has 1 aromatic heterocycles. The number of aliphatic hydroxyl groups excluding tert-OH is 1. The van der Waals surface area contributed by atoms with Crippen molar-refractivity contribution < 1.29 is 24.9 Å². The number of aliphatic hydroxyl groups is 1. The summed E-state index contributed by atoms with van der Waals surface area (Å²) in [5.41, 5.74) is 2.33. The van der Waals surface area contributed by atoms with Crippen molar-refractivity contribution >= 4 is 11.9 Å². The van der Waals surface area contributed by atoms with Crippen LogP contribution in [0.3, 0.4) is 0 Å². The number of carbonyl (C=O) groups is 2. The summed E-state index contributed by atoms with van der Waals surface area (Å²) in [6, 6.07) is 0. The average Bonchev–Trinajstić information content (AvgIpc) is 2.68. The van der Waals surface area contributed by atoms with Crippen molar-refractivity contribution in [3.8, 4) is 0 Å². The fourth-order valence-electron chi connectivity index (χ4n) is 1.88. The van der Waals surface area contributed by atoms with Gasteiger partial charge in [-0.05, 0) is 30.4 Å². The van der Waals surface area contributed by atoms with E-state index in [4.69, 9.17) is 15.3 Å².